The van der Waals surface area contributed by atoms with Crippen molar-refractivity contribution >= 4 is 28.7 Å². The quantitative estimate of drug-likeness (QED) is 0.840. The molecule has 1 N–H and O–H groups in total. The van der Waals surface area contributed by atoms with Gasteiger partial charge >= 0.3 is 0 Å². The van der Waals surface area contributed by atoms with Crippen molar-refractivity contribution in [1.82, 2.24) is 10.2 Å². The lowest BCUT2D eigenvalue weighted by Crippen LogP contribution is -2.46. The molecule has 0 bridgehead atoms. The highest BCUT2D eigenvalue weighted by atomic mass is 32.1. The lowest BCUT2D eigenvalue weighted by atomic mass is 9.96. The second kappa shape index (κ2) is 6.62. The monoisotopic (exact) mass is 342 g/mol. The highest BCUT2D eigenvalue weighted by Gasteiger charge is 2.40. The third-order valence-electron chi connectivity index (χ3n) is 4.88. The number of rotatable bonds is 4. The molecule has 2 aliphatic rings. The van der Waals surface area contributed by atoms with E-state index < -0.39 is 0 Å². The minimum absolute atomic E-state index is 0.515. The second-order valence-electron chi connectivity index (χ2n) is 6.49. The van der Waals surface area contributed by atoms with Crippen LogP contribution in [0.2, 0.25) is 0 Å². The van der Waals surface area contributed by atoms with Crippen LogP contribution in [0, 0.1) is 5.92 Å². The summed E-state index contributed by atoms with van der Waals surface area (Å²) in [5, 5.41) is 6.68. The largest absolute Gasteiger partial charge is 0.362 e. The zero-order valence-electron chi connectivity index (χ0n) is 13.2. The van der Waals surface area contributed by atoms with Crippen molar-refractivity contribution in [2.75, 3.05) is 13.1 Å². The lowest BCUT2D eigenvalue weighted by molar-refractivity contribution is 0.269. The number of nitrogens with one attached hydrogen (secondary N) is 1. The Bertz CT molecular complexity index is 676. The first kappa shape index (κ1) is 15.2. The number of benzene rings is 1. The van der Waals surface area contributed by atoms with Crippen molar-refractivity contribution in [3.63, 3.8) is 0 Å². The first-order valence-electron chi connectivity index (χ1n) is 8.47. The molecule has 1 saturated carbocycles. The summed E-state index contributed by atoms with van der Waals surface area (Å²) in [4.78, 5) is 4.03. The first-order valence-corrected chi connectivity index (χ1v) is 9.76. The van der Waals surface area contributed by atoms with Gasteiger partial charge < -0.3 is 10.2 Å². The smallest absolute Gasteiger partial charge is 0.169 e. The average molecular weight is 343 g/mol. The van der Waals surface area contributed by atoms with Crippen molar-refractivity contribution in [3.05, 3.63) is 57.8 Å². The molecular formula is C19H22N2S2. The summed E-state index contributed by atoms with van der Waals surface area (Å²) in [7, 11) is 0. The van der Waals surface area contributed by atoms with E-state index in [9.17, 15) is 0 Å². The van der Waals surface area contributed by atoms with E-state index in [4.69, 9.17) is 12.2 Å². The molecule has 2 aromatic rings. The van der Waals surface area contributed by atoms with Gasteiger partial charge in [-0.25, -0.2) is 0 Å². The van der Waals surface area contributed by atoms with Crippen LogP contribution < -0.4 is 5.32 Å². The Kier molecular flexibility index (Phi) is 4.36. The van der Waals surface area contributed by atoms with Crippen LogP contribution >= 0.6 is 23.6 Å². The third-order valence-corrected chi connectivity index (χ3v) is 6.25. The maximum absolute atomic E-state index is 5.73. The molecule has 0 spiro atoms. The fraction of sp³-hybridized carbons (Fsp3) is 0.421. The molecule has 1 atom stereocenters. The van der Waals surface area contributed by atoms with Crippen molar-refractivity contribution in [1.29, 1.82) is 0 Å². The number of hydrogen-bond donors (Lipinski definition) is 1. The minimum Gasteiger partial charge on any atom is -0.362 e. The molecule has 0 radical (unpaired) electrons. The molecule has 0 unspecified atom stereocenters. The van der Waals surface area contributed by atoms with E-state index >= 15 is 0 Å². The van der Waals surface area contributed by atoms with Gasteiger partial charge in [0.05, 0.1) is 6.04 Å². The predicted octanol–water partition coefficient (Wildman–Crippen LogP) is 4.17. The first-order chi connectivity index (χ1) is 11.3. The van der Waals surface area contributed by atoms with Crippen molar-refractivity contribution in [2.24, 2.45) is 5.92 Å². The Morgan fingerprint density at radius 1 is 1.22 bits per heavy atom. The second-order valence-corrected chi connectivity index (χ2v) is 7.88. The maximum Gasteiger partial charge on any atom is 0.169 e. The van der Waals surface area contributed by atoms with E-state index in [-0.39, 0.29) is 0 Å². The van der Waals surface area contributed by atoms with E-state index in [1.165, 1.54) is 24.0 Å². The molecule has 1 aromatic carbocycles. The minimum atomic E-state index is 0.515. The van der Waals surface area contributed by atoms with Crippen LogP contribution in [0.15, 0.2) is 41.8 Å². The van der Waals surface area contributed by atoms with Gasteiger partial charge in [-0.1, -0.05) is 30.3 Å². The Labute approximate surface area is 147 Å². The molecule has 2 nitrogen and oxygen atoms in total. The molecule has 23 heavy (non-hydrogen) atoms. The summed E-state index contributed by atoms with van der Waals surface area (Å²) in [6, 6.07) is 13.4. The van der Waals surface area contributed by atoms with Gasteiger partial charge in [0.1, 0.15) is 0 Å². The van der Waals surface area contributed by atoms with Crippen LogP contribution in [0.1, 0.15) is 34.9 Å². The van der Waals surface area contributed by atoms with Gasteiger partial charge in [0, 0.05) is 18.0 Å². The molecule has 1 fully saturated rings. The molecule has 4 heteroatoms. The van der Waals surface area contributed by atoms with E-state index in [0.717, 1.165) is 37.0 Å². The van der Waals surface area contributed by atoms with Gasteiger partial charge in [-0.05, 0) is 66.4 Å². The van der Waals surface area contributed by atoms with Crippen molar-refractivity contribution in [3.8, 4) is 0 Å². The lowest BCUT2D eigenvalue weighted by Gasteiger charge is -2.38. The number of nitrogens with zero attached hydrogens (tertiary/aromatic N) is 1. The number of thiocarbonyl (C=S) groups is 1. The fourth-order valence-electron chi connectivity index (χ4n) is 3.55. The summed E-state index contributed by atoms with van der Waals surface area (Å²) < 4.78 is 0. The Morgan fingerprint density at radius 3 is 2.83 bits per heavy atom. The molecular weight excluding hydrogens is 320 g/mol. The summed E-state index contributed by atoms with van der Waals surface area (Å²) in [6.07, 6.45) is 4.86. The normalized spacial score (nSPS) is 20.2. The van der Waals surface area contributed by atoms with E-state index in [0.29, 0.717) is 6.04 Å². The molecule has 1 aromatic heterocycles. The number of hydrogen-bond acceptors (Lipinski definition) is 2. The highest BCUT2D eigenvalue weighted by molar-refractivity contribution is 7.80. The van der Waals surface area contributed by atoms with Gasteiger partial charge in [-0.2, -0.15) is 0 Å². The molecule has 4 rings (SSSR count). The van der Waals surface area contributed by atoms with Gasteiger partial charge in [0.15, 0.2) is 5.11 Å². The van der Waals surface area contributed by atoms with E-state index in [1.807, 2.05) is 11.3 Å². The molecule has 1 aliphatic heterocycles. The summed E-state index contributed by atoms with van der Waals surface area (Å²) in [6.45, 7) is 1.97. The number of fused-ring (bicyclic) bond motifs is 1. The van der Waals surface area contributed by atoms with Gasteiger partial charge in [-0.3, -0.25) is 0 Å². The molecule has 1 aliphatic carbocycles. The van der Waals surface area contributed by atoms with Crippen LogP contribution in [0.5, 0.6) is 0 Å². The van der Waals surface area contributed by atoms with Gasteiger partial charge in [0.2, 0.25) is 0 Å². The zero-order chi connectivity index (χ0) is 15.6. The van der Waals surface area contributed by atoms with Gasteiger partial charge in [-0.15, -0.1) is 11.3 Å². The molecule has 0 amide bonds. The standard InChI is InChI=1S/C19H22N2S2/c22-19(20-11-8-14-4-2-1-3-5-14)21-12-9-17-16(10-13-23-17)18(21)15-6-7-15/h1-5,10,13,15,18H,6-9,11-12H2,(H,20,22)/t18-/m1/s1. The van der Waals surface area contributed by atoms with Gasteiger partial charge in [0.25, 0.3) is 0 Å². The number of thiophene rings is 1. The highest BCUT2D eigenvalue weighted by Crippen LogP contribution is 2.48. The van der Waals surface area contributed by atoms with Crippen LogP contribution in [0.3, 0.4) is 0 Å². The van der Waals surface area contributed by atoms with Crippen LogP contribution in [-0.4, -0.2) is 23.1 Å². The molecule has 120 valence electrons. The van der Waals surface area contributed by atoms with E-state index in [1.54, 1.807) is 4.88 Å². The zero-order valence-corrected chi connectivity index (χ0v) is 14.8. The molecule has 0 saturated heterocycles. The summed E-state index contributed by atoms with van der Waals surface area (Å²) >= 11 is 7.65. The Morgan fingerprint density at radius 2 is 2.04 bits per heavy atom. The van der Waals surface area contributed by atoms with Crippen molar-refractivity contribution < 1.29 is 0 Å². The van der Waals surface area contributed by atoms with Crippen LogP contribution in [-0.2, 0) is 12.8 Å². The molecule has 2 heterocycles. The third kappa shape index (κ3) is 3.29. The predicted molar refractivity (Wildman–Crippen MR) is 101 cm³/mol. The SMILES string of the molecule is S=C(NCCc1ccccc1)N1CCc2sccc2[C@H]1C1CC1. The van der Waals surface area contributed by atoms with Crippen LogP contribution in [0.25, 0.3) is 0 Å². The van der Waals surface area contributed by atoms with Crippen molar-refractivity contribution in [2.45, 2.75) is 31.7 Å². The van der Waals surface area contributed by atoms with E-state index in [2.05, 4.69) is 52.0 Å². The fourth-order valence-corrected chi connectivity index (χ4v) is 4.77. The Balaban J connectivity index is 1.40. The average Bonchev–Trinajstić information content (AvgIpc) is 3.31. The Hall–Kier alpha value is -1.39. The summed E-state index contributed by atoms with van der Waals surface area (Å²) in [5.74, 6) is 0.803. The topological polar surface area (TPSA) is 15.3 Å². The maximum atomic E-state index is 5.73. The summed E-state index contributed by atoms with van der Waals surface area (Å²) in [5.41, 5.74) is 2.90. The van der Waals surface area contributed by atoms with Crippen LogP contribution in [0.4, 0.5) is 0 Å².